The second-order valence-corrected chi connectivity index (χ2v) is 5.68. The number of ether oxygens (including phenoxy) is 1. The number of morpholine rings is 1. The Kier molecular flexibility index (Phi) is 5.20. The summed E-state index contributed by atoms with van der Waals surface area (Å²) >= 11 is 3.44. The summed E-state index contributed by atoms with van der Waals surface area (Å²) in [5.41, 5.74) is 1.56. The molecule has 1 aliphatic heterocycles. The van der Waals surface area contributed by atoms with Gasteiger partial charge in [-0.05, 0) is 25.1 Å². The van der Waals surface area contributed by atoms with E-state index in [0.29, 0.717) is 11.6 Å². The van der Waals surface area contributed by atoms with E-state index in [-0.39, 0.29) is 0 Å². The van der Waals surface area contributed by atoms with Gasteiger partial charge in [-0.2, -0.15) is 5.26 Å². The molecule has 1 heterocycles. The number of nitriles is 1. The van der Waals surface area contributed by atoms with E-state index in [9.17, 15) is 0 Å². The maximum absolute atomic E-state index is 9.11. The van der Waals surface area contributed by atoms with Gasteiger partial charge >= 0.3 is 0 Å². The van der Waals surface area contributed by atoms with Crippen molar-refractivity contribution in [3.63, 3.8) is 0 Å². The van der Waals surface area contributed by atoms with Crippen LogP contribution in [0.15, 0.2) is 22.7 Å². The van der Waals surface area contributed by atoms with Crippen molar-refractivity contribution in [3.05, 3.63) is 28.2 Å². The summed E-state index contributed by atoms with van der Waals surface area (Å²) in [6, 6.07) is 8.17. The molecule has 1 unspecified atom stereocenters. The summed E-state index contributed by atoms with van der Waals surface area (Å²) < 4.78 is 6.32. The van der Waals surface area contributed by atoms with E-state index in [2.05, 4.69) is 39.1 Å². The van der Waals surface area contributed by atoms with Gasteiger partial charge in [0.05, 0.1) is 24.5 Å². The van der Waals surface area contributed by atoms with Crippen LogP contribution >= 0.6 is 15.9 Å². The van der Waals surface area contributed by atoms with E-state index in [1.165, 1.54) is 0 Å². The Morgan fingerprint density at radius 2 is 2.21 bits per heavy atom. The monoisotopic (exact) mass is 323 g/mol. The molecule has 1 N–H and O–H groups in total. The molecule has 0 aliphatic carbocycles. The fourth-order valence-electron chi connectivity index (χ4n) is 2.22. The Morgan fingerprint density at radius 1 is 1.47 bits per heavy atom. The zero-order valence-corrected chi connectivity index (χ0v) is 12.6. The summed E-state index contributed by atoms with van der Waals surface area (Å²) in [5.74, 6) is 0. The van der Waals surface area contributed by atoms with Gasteiger partial charge in [0.25, 0.3) is 0 Å². The molecule has 0 radical (unpaired) electrons. The maximum Gasteiger partial charge on any atom is 0.101 e. The first kappa shape index (κ1) is 14.3. The van der Waals surface area contributed by atoms with E-state index in [0.717, 1.165) is 43.0 Å². The molecular weight excluding hydrogens is 306 g/mol. The summed E-state index contributed by atoms with van der Waals surface area (Å²) in [7, 11) is 0. The van der Waals surface area contributed by atoms with Gasteiger partial charge in [-0.25, -0.2) is 0 Å². The second-order valence-electron chi connectivity index (χ2n) is 4.76. The summed E-state index contributed by atoms with van der Waals surface area (Å²) in [4.78, 5) is 2.38. The molecule has 0 saturated carbocycles. The number of nitrogens with zero attached hydrogens (tertiary/aromatic N) is 2. The van der Waals surface area contributed by atoms with Crippen LogP contribution in [0.4, 0.5) is 5.69 Å². The molecule has 0 bridgehead atoms. The third kappa shape index (κ3) is 4.20. The molecule has 0 spiro atoms. The van der Waals surface area contributed by atoms with E-state index in [1.807, 2.05) is 18.2 Å². The molecule has 1 saturated heterocycles. The summed E-state index contributed by atoms with van der Waals surface area (Å²) in [6.07, 6.45) is 0. The van der Waals surface area contributed by atoms with Crippen LogP contribution in [0.25, 0.3) is 0 Å². The minimum Gasteiger partial charge on any atom is -0.380 e. The molecule has 1 fully saturated rings. The van der Waals surface area contributed by atoms with Gasteiger partial charge in [-0.3, -0.25) is 4.90 Å². The number of hydrogen-bond donors (Lipinski definition) is 1. The fourth-order valence-corrected chi connectivity index (χ4v) is 2.58. The van der Waals surface area contributed by atoms with E-state index >= 15 is 0 Å². The third-order valence-corrected chi connectivity index (χ3v) is 3.63. The average molecular weight is 324 g/mol. The van der Waals surface area contributed by atoms with Crippen molar-refractivity contribution in [2.24, 2.45) is 0 Å². The Bertz CT molecular complexity index is 466. The van der Waals surface area contributed by atoms with E-state index in [1.54, 1.807) is 0 Å². The zero-order chi connectivity index (χ0) is 13.7. The topological polar surface area (TPSA) is 48.3 Å². The largest absolute Gasteiger partial charge is 0.380 e. The Balaban J connectivity index is 1.96. The first-order chi connectivity index (χ1) is 9.19. The Labute approximate surface area is 122 Å². The van der Waals surface area contributed by atoms with Crippen LogP contribution in [0.2, 0.25) is 0 Å². The van der Waals surface area contributed by atoms with Crippen LogP contribution in [-0.2, 0) is 4.74 Å². The van der Waals surface area contributed by atoms with Gasteiger partial charge in [0.2, 0.25) is 0 Å². The van der Waals surface area contributed by atoms with Gasteiger partial charge in [-0.1, -0.05) is 15.9 Å². The van der Waals surface area contributed by atoms with Crippen molar-refractivity contribution in [1.82, 2.24) is 4.90 Å². The molecular formula is C14H18BrN3O. The maximum atomic E-state index is 9.11. The van der Waals surface area contributed by atoms with Crippen LogP contribution in [0, 0.1) is 11.3 Å². The normalized spacial score (nSPS) is 17.7. The first-order valence-electron chi connectivity index (χ1n) is 6.45. The highest BCUT2D eigenvalue weighted by atomic mass is 79.9. The molecule has 1 atom stereocenters. The number of rotatable bonds is 4. The van der Waals surface area contributed by atoms with E-state index < -0.39 is 0 Å². The lowest BCUT2D eigenvalue weighted by Crippen LogP contribution is -2.42. The first-order valence-corrected chi connectivity index (χ1v) is 7.24. The van der Waals surface area contributed by atoms with Crippen molar-refractivity contribution < 1.29 is 4.74 Å². The van der Waals surface area contributed by atoms with Crippen LogP contribution in [0.5, 0.6) is 0 Å². The molecule has 4 nitrogen and oxygen atoms in total. The molecule has 1 aromatic rings. The lowest BCUT2D eigenvalue weighted by molar-refractivity contribution is 0.0368. The van der Waals surface area contributed by atoms with E-state index in [4.69, 9.17) is 10.00 Å². The molecule has 1 aliphatic rings. The van der Waals surface area contributed by atoms with Gasteiger partial charge in [0.1, 0.15) is 6.07 Å². The second kappa shape index (κ2) is 6.90. The predicted molar refractivity (Wildman–Crippen MR) is 79.2 cm³/mol. The van der Waals surface area contributed by atoms with Crippen LogP contribution < -0.4 is 5.32 Å². The average Bonchev–Trinajstić information content (AvgIpc) is 2.40. The van der Waals surface area contributed by atoms with Crippen molar-refractivity contribution in [1.29, 1.82) is 5.26 Å². The third-order valence-electron chi connectivity index (χ3n) is 3.14. The fraction of sp³-hybridized carbons (Fsp3) is 0.500. The standard InChI is InChI=1S/C14H18BrN3O/c1-11(10-18-4-6-19-7-5-18)17-14-8-13(15)3-2-12(14)9-16/h2-3,8,11,17H,4-7,10H2,1H3. The number of hydrogen-bond acceptors (Lipinski definition) is 4. The number of benzene rings is 1. The smallest absolute Gasteiger partial charge is 0.101 e. The van der Waals surface area contributed by atoms with Crippen molar-refractivity contribution in [2.45, 2.75) is 13.0 Å². The van der Waals surface area contributed by atoms with Crippen molar-refractivity contribution >= 4 is 21.6 Å². The van der Waals surface area contributed by atoms with Gasteiger partial charge < -0.3 is 10.1 Å². The highest BCUT2D eigenvalue weighted by Gasteiger charge is 2.14. The molecule has 0 aromatic heterocycles. The molecule has 102 valence electrons. The Hall–Kier alpha value is -1.09. The molecule has 5 heteroatoms. The minimum atomic E-state index is 0.291. The van der Waals surface area contributed by atoms with Crippen LogP contribution in [0.1, 0.15) is 12.5 Å². The summed E-state index contributed by atoms with van der Waals surface area (Å²) in [5, 5.41) is 12.5. The van der Waals surface area contributed by atoms with Gasteiger partial charge in [0.15, 0.2) is 0 Å². The van der Waals surface area contributed by atoms with Crippen molar-refractivity contribution in [3.8, 4) is 6.07 Å². The minimum absolute atomic E-state index is 0.291. The van der Waals surface area contributed by atoms with Gasteiger partial charge in [0, 0.05) is 30.1 Å². The SMILES string of the molecule is CC(CN1CCOCC1)Nc1cc(Br)ccc1C#N. The predicted octanol–water partition coefficient (Wildman–Crippen LogP) is 2.45. The summed E-state index contributed by atoms with van der Waals surface area (Å²) in [6.45, 7) is 6.68. The number of nitrogens with one attached hydrogen (secondary N) is 1. The van der Waals surface area contributed by atoms with Crippen LogP contribution in [-0.4, -0.2) is 43.8 Å². The van der Waals surface area contributed by atoms with Gasteiger partial charge in [-0.15, -0.1) is 0 Å². The lowest BCUT2D eigenvalue weighted by atomic mass is 10.1. The highest BCUT2D eigenvalue weighted by Crippen LogP contribution is 2.21. The Morgan fingerprint density at radius 3 is 2.89 bits per heavy atom. The molecule has 1 aromatic carbocycles. The molecule has 19 heavy (non-hydrogen) atoms. The number of halogens is 1. The quantitative estimate of drug-likeness (QED) is 0.924. The molecule has 0 amide bonds. The van der Waals surface area contributed by atoms with Crippen LogP contribution in [0.3, 0.4) is 0 Å². The molecule has 2 rings (SSSR count). The number of anilines is 1. The van der Waals surface area contributed by atoms with Crippen molar-refractivity contribution in [2.75, 3.05) is 38.2 Å². The highest BCUT2D eigenvalue weighted by molar-refractivity contribution is 9.10. The lowest BCUT2D eigenvalue weighted by Gasteiger charge is -2.29. The zero-order valence-electron chi connectivity index (χ0n) is 11.0.